The Hall–Kier alpha value is -4.11. The molecule has 0 aliphatic carbocycles. The van der Waals surface area contributed by atoms with Crippen LogP contribution in [-0.2, 0) is 20.7 Å². The molecule has 0 bridgehead atoms. The monoisotopic (exact) mass is 414 g/mol. The number of hydrogen-bond acceptors (Lipinski definition) is 5. The van der Waals surface area contributed by atoms with Gasteiger partial charge in [-0.3, -0.25) is 4.79 Å². The Morgan fingerprint density at radius 1 is 0.968 bits per heavy atom. The standard InChI is InChI=1S/C25H22N2O4/c1-18(31-22-13-11-20(16-26)12-14-22)25(29)30-17-24(28)27-23-10-6-5-9-21(23)15-19-7-3-2-4-8-19/h2-14,18H,15,17H2,1H3,(H,27,28)/t18-/m1/s1. The van der Waals surface area contributed by atoms with Gasteiger partial charge in [-0.25, -0.2) is 4.79 Å². The van der Waals surface area contributed by atoms with Gasteiger partial charge in [-0.2, -0.15) is 5.26 Å². The van der Waals surface area contributed by atoms with Crippen molar-refractivity contribution in [3.8, 4) is 11.8 Å². The first-order valence-corrected chi connectivity index (χ1v) is 9.80. The van der Waals surface area contributed by atoms with E-state index >= 15 is 0 Å². The molecule has 0 aromatic heterocycles. The Kier molecular flexibility index (Phi) is 7.39. The highest BCUT2D eigenvalue weighted by Crippen LogP contribution is 2.19. The van der Waals surface area contributed by atoms with Crippen molar-refractivity contribution in [1.29, 1.82) is 5.26 Å². The van der Waals surface area contributed by atoms with E-state index in [1.54, 1.807) is 24.3 Å². The SMILES string of the molecule is C[C@@H](Oc1ccc(C#N)cc1)C(=O)OCC(=O)Nc1ccccc1Cc1ccccc1. The van der Waals surface area contributed by atoms with E-state index in [0.29, 0.717) is 23.4 Å². The number of carbonyl (C=O) groups is 2. The predicted molar refractivity (Wildman–Crippen MR) is 117 cm³/mol. The van der Waals surface area contributed by atoms with Crippen molar-refractivity contribution in [2.75, 3.05) is 11.9 Å². The zero-order valence-electron chi connectivity index (χ0n) is 17.1. The third kappa shape index (κ3) is 6.44. The Balaban J connectivity index is 1.51. The molecule has 0 aliphatic heterocycles. The van der Waals surface area contributed by atoms with Crippen LogP contribution in [0.2, 0.25) is 0 Å². The van der Waals surface area contributed by atoms with E-state index in [1.807, 2.05) is 60.7 Å². The fourth-order valence-electron chi connectivity index (χ4n) is 2.91. The molecule has 156 valence electrons. The fraction of sp³-hybridized carbons (Fsp3) is 0.160. The van der Waals surface area contributed by atoms with Gasteiger partial charge in [0.15, 0.2) is 12.7 Å². The zero-order valence-corrected chi connectivity index (χ0v) is 17.1. The summed E-state index contributed by atoms with van der Waals surface area (Å²) in [5.74, 6) is -0.653. The Labute approximate surface area is 181 Å². The molecule has 0 saturated heterocycles. The lowest BCUT2D eigenvalue weighted by Gasteiger charge is -2.15. The molecule has 1 amide bonds. The predicted octanol–water partition coefficient (Wildman–Crippen LogP) is 4.10. The van der Waals surface area contributed by atoms with Crippen LogP contribution in [0.5, 0.6) is 5.75 Å². The molecule has 0 radical (unpaired) electrons. The number of nitriles is 1. The first kappa shape index (κ1) is 21.6. The second-order valence-electron chi connectivity index (χ2n) is 6.87. The summed E-state index contributed by atoms with van der Waals surface area (Å²) in [5.41, 5.74) is 3.26. The molecule has 1 N–H and O–H groups in total. The van der Waals surface area contributed by atoms with E-state index in [9.17, 15) is 9.59 Å². The Morgan fingerprint density at radius 2 is 1.65 bits per heavy atom. The molecule has 0 heterocycles. The van der Waals surface area contributed by atoms with Crippen LogP contribution >= 0.6 is 0 Å². The molecule has 1 atom stereocenters. The molecule has 3 rings (SSSR count). The molecule has 6 heteroatoms. The molecule has 0 fully saturated rings. The van der Waals surface area contributed by atoms with Gasteiger partial charge in [-0.15, -0.1) is 0 Å². The number of rotatable bonds is 8. The normalized spacial score (nSPS) is 11.1. The van der Waals surface area contributed by atoms with Crippen LogP contribution in [0.4, 0.5) is 5.69 Å². The number of anilines is 1. The minimum atomic E-state index is -0.897. The third-order valence-electron chi connectivity index (χ3n) is 4.50. The van der Waals surface area contributed by atoms with E-state index in [-0.39, 0.29) is 0 Å². The highest BCUT2D eigenvalue weighted by molar-refractivity contribution is 5.93. The van der Waals surface area contributed by atoms with Gasteiger partial charge in [0, 0.05) is 5.69 Å². The largest absolute Gasteiger partial charge is 0.479 e. The maximum Gasteiger partial charge on any atom is 0.347 e. The van der Waals surface area contributed by atoms with Crippen molar-refractivity contribution in [2.45, 2.75) is 19.4 Å². The molecule has 0 aliphatic rings. The lowest BCUT2D eigenvalue weighted by atomic mass is 10.0. The molecule has 3 aromatic rings. The minimum absolute atomic E-state index is 0.417. The number of nitrogens with zero attached hydrogens (tertiary/aromatic N) is 1. The van der Waals surface area contributed by atoms with Gasteiger partial charge < -0.3 is 14.8 Å². The van der Waals surface area contributed by atoms with Gasteiger partial charge in [0.2, 0.25) is 0 Å². The van der Waals surface area contributed by atoms with E-state index in [2.05, 4.69) is 5.32 Å². The summed E-state index contributed by atoms with van der Waals surface area (Å²) in [7, 11) is 0. The van der Waals surface area contributed by atoms with Gasteiger partial charge in [-0.1, -0.05) is 48.5 Å². The van der Waals surface area contributed by atoms with Crippen LogP contribution < -0.4 is 10.1 Å². The lowest BCUT2D eigenvalue weighted by Crippen LogP contribution is -2.29. The van der Waals surface area contributed by atoms with Crippen molar-refractivity contribution < 1.29 is 19.1 Å². The van der Waals surface area contributed by atoms with Crippen LogP contribution in [0.3, 0.4) is 0 Å². The molecule has 6 nitrogen and oxygen atoms in total. The van der Waals surface area contributed by atoms with Crippen molar-refractivity contribution in [3.05, 3.63) is 95.6 Å². The van der Waals surface area contributed by atoms with Crippen molar-refractivity contribution >= 4 is 17.6 Å². The van der Waals surface area contributed by atoms with Crippen LogP contribution in [0, 0.1) is 11.3 Å². The lowest BCUT2D eigenvalue weighted by molar-refractivity contribution is -0.153. The van der Waals surface area contributed by atoms with Gasteiger partial charge >= 0.3 is 5.97 Å². The maximum atomic E-state index is 12.3. The maximum absolute atomic E-state index is 12.3. The quantitative estimate of drug-likeness (QED) is 0.561. The van der Waals surface area contributed by atoms with Gasteiger partial charge in [-0.05, 0) is 54.8 Å². The zero-order chi connectivity index (χ0) is 22.1. The molecule has 3 aromatic carbocycles. The highest BCUT2D eigenvalue weighted by atomic mass is 16.6. The van der Waals surface area contributed by atoms with Crippen molar-refractivity contribution in [2.24, 2.45) is 0 Å². The second-order valence-corrected chi connectivity index (χ2v) is 6.87. The van der Waals surface area contributed by atoms with Crippen LogP contribution in [0.15, 0.2) is 78.9 Å². The summed E-state index contributed by atoms with van der Waals surface area (Å²) in [4.78, 5) is 24.5. The summed E-state index contributed by atoms with van der Waals surface area (Å²) in [6.45, 7) is 1.12. The van der Waals surface area contributed by atoms with Crippen LogP contribution in [-0.4, -0.2) is 24.6 Å². The number of hydrogen-bond donors (Lipinski definition) is 1. The molecule has 0 spiro atoms. The highest BCUT2D eigenvalue weighted by Gasteiger charge is 2.18. The molecular formula is C25H22N2O4. The molecule has 0 saturated carbocycles. The van der Waals surface area contributed by atoms with E-state index in [1.165, 1.54) is 6.92 Å². The smallest absolute Gasteiger partial charge is 0.347 e. The number of nitrogens with one attached hydrogen (secondary N) is 1. The van der Waals surface area contributed by atoms with E-state index < -0.39 is 24.6 Å². The van der Waals surface area contributed by atoms with Gasteiger partial charge in [0.05, 0.1) is 11.6 Å². The van der Waals surface area contributed by atoms with Crippen molar-refractivity contribution in [1.82, 2.24) is 0 Å². The molecule has 0 unspecified atom stereocenters. The summed E-state index contributed by atoms with van der Waals surface area (Å²) < 4.78 is 10.6. The number of esters is 1. The topological polar surface area (TPSA) is 88.4 Å². The minimum Gasteiger partial charge on any atom is -0.479 e. The number of ether oxygens (including phenoxy) is 2. The average Bonchev–Trinajstić information content (AvgIpc) is 2.80. The number of benzene rings is 3. The van der Waals surface area contributed by atoms with E-state index in [0.717, 1.165) is 11.1 Å². The average molecular weight is 414 g/mol. The second kappa shape index (κ2) is 10.6. The fourth-order valence-corrected chi connectivity index (χ4v) is 2.91. The Bertz CT molecular complexity index is 1070. The summed E-state index contributed by atoms with van der Waals surface area (Å²) in [6, 6.07) is 25.8. The number of para-hydroxylation sites is 1. The Morgan fingerprint density at radius 3 is 2.35 bits per heavy atom. The van der Waals surface area contributed by atoms with Crippen molar-refractivity contribution in [3.63, 3.8) is 0 Å². The van der Waals surface area contributed by atoms with Gasteiger partial charge in [0.1, 0.15) is 5.75 Å². The third-order valence-corrected chi connectivity index (χ3v) is 4.50. The van der Waals surface area contributed by atoms with Crippen LogP contribution in [0.1, 0.15) is 23.6 Å². The first-order valence-electron chi connectivity index (χ1n) is 9.80. The van der Waals surface area contributed by atoms with Gasteiger partial charge in [0.25, 0.3) is 5.91 Å². The number of carbonyl (C=O) groups excluding carboxylic acids is 2. The molecular weight excluding hydrogens is 392 g/mol. The summed E-state index contributed by atoms with van der Waals surface area (Å²) in [5, 5.41) is 11.6. The van der Waals surface area contributed by atoms with E-state index in [4.69, 9.17) is 14.7 Å². The number of amides is 1. The first-order chi connectivity index (χ1) is 15.0. The summed E-state index contributed by atoms with van der Waals surface area (Å²) >= 11 is 0. The molecule has 31 heavy (non-hydrogen) atoms. The van der Waals surface area contributed by atoms with Crippen LogP contribution in [0.25, 0.3) is 0 Å². The summed E-state index contributed by atoms with van der Waals surface area (Å²) in [6.07, 6.45) is -0.224.